The maximum Gasteiger partial charge on any atom is 0.191 e. The van der Waals surface area contributed by atoms with Crippen LogP contribution in [0.4, 0.5) is 0 Å². The Hall–Kier alpha value is -2.31. The first-order chi connectivity index (χ1) is 13.1. The zero-order valence-corrected chi connectivity index (χ0v) is 16.1. The van der Waals surface area contributed by atoms with Crippen molar-refractivity contribution in [1.82, 2.24) is 10.6 Å². The highest BCUT2D eigenvalue weighted by Crippen LogP contribution is 2.22. The fraction of sp³-hybridized carbons (Fsp3) is 0.476. The third-order valence-corrected chi connectivity index (χ3v) is 4.63. The summed E-state index contributed by atoms with van der Waals surface area (Å²) in [4.78, 5) is 4.72. The van der Waals surface area contributed by atoms with E-state index in [1.807, 2.05) is 37.3 Å². The summed E-state index contributed by atoms with van der Waals surface area (Å²) < 4.78 is 16.7. The van der Waals surface area contributed by atoms with Gasteiger partial charge in [-0.25, -0.2) is 0 Å². The average Bonchev–Trinajstić information content (AvgIpc) is 3.34. The number of guanidine groups is 1. The molecule has 1 aromatic carbocycles. The highest BCUT2D eigenvalue weighted by molar-refractivity contribution is 5.80. The normalized spacial score (nSPS) is 17.6. The molecule has 1 fully saturated rings. The van der Waals surface area contributed by atoms with E-state index < -0.39 is 5.79 Å². The quantitative estimate of drug-likeness (QED) is 0.551. The summed E-state index contributed by atoms with van der Waals surface area (Å²) in [5.74, 6) is 1.21. The lowest BCUT2D eigenvalue weighted by Crippen LogP contribution is -2.40. The maximum absolute atomic E-state index is 5.66. The number of furan rings is 1. The summed E-state index contributed by atoms with van der Waals surface area (Å²) in [6.45, 7) is 6.76. The molecular formula is C21H29N3O3. The average molecular weight is 371 g/mol. The molecule has 1 atom stereocenters. The highest BCUT2D eigenvalue weighted by atomic mass is 16.7. The lowest BCUT2D eigenvalue weighted by Gasteiger charge is -2.22. The van der Waals surface area contributed by atoms with E-state index in [1.54, 1.807) is 6.26 Å². The molecule has 0 aliphatic carbocycles. The van der Waals surface area contributed by atoms with Crippen LogP contribution < -0.4 is 10.6 Å². The minimum absolute atomic E-state index is 0.149. The van der Waals surface area contributed by atoms with Crippen LogP contribution in [-0.2, 0) is 15.9 Å². The molecule has 1 saturated heterocycles. The van der Waals surface area contributed by atoms with Crippen LogP contribution in [0, 0.1) is 0 Å². The van der Waals surface area contributed by atoms with Gasteiger partial charge in [0.1, 0.15) is 5.76 Å². The highest BCUT2D eigenvalue weighted by Gasteiger charge is 2.30. The molecule has 1 unspecified atom stereocenters. The lowest BCUT2D eigenvalue weighted by molar-refractivity contribution is -0.144. The largest absolute Gasteiger partial charge is 0.469 e. The van der Waals surface area contributed by atoms with Gasteiger partial charge in [0.25, 0.3) is 0 Å². The van der Waals surface area contributed by atoms with E-state index in [1.165, 1.54) is 5.56 Å². The van der Waals surface area contributed by atoms with Crippen LogP contribution in [0.25, 0.3) is 0 Å². The van der Waals surface area contributed by atoms with Gasteiger partial charge in [-0.1, -0.05) is 30.3 Å². The fourth-order valence-electron chi connectivity index (χ4n) is 3.01. The Morgan fingerprint density at radius 2 is 1.93 bits per heavy atom. The lowest BCUT2D eigenvalue weighted by atomic mass is 10.1. The van der Waals surface area contributed by atoms with Gasteiger partial charge >= 0.3 is 0 Å². The molecule has 1 aromatic heterocycles. The van der Waals surface area contributed by atoms with E-state index >= 15 is 0 Å². The standard InChI is InChI=1S/C21H29N3O3/c1-17(18-7-4-3-5-8-18)24-20(22-12-10-19-9-6-14-25-19)23-13-11-21(2)26-15-16-27-21/h3-9,14,17H,10-13,15-16H2,1-2H3,(H2,22,23,24). The summed E-state index contributed by atoms with van der Waals surface area (Å²) in [6.07, 6.45) is 3.22. The molecule has 0 amide bonds. The van der Waals surface area contributed by atoms with Gasteiger partial charge in [-0.15, -0.1) is 0 Å². The Bertz CT molecular complexity index is 695. The molecule has 6 nitrogen and oxygen atoms in total. The second-order valence-electron chi connectivity index (χ2n) is 6.84. The van der Waals surface area contributed by atoms with E-state index in [0.29, 0.717) is 19.8 Å². The van der Waals surface area contributed by atoms with Crippen molar-refractivity contribution in [3.63, 3.8) is 0 Å². The maximum atomic E-state index is 5.66. The van der Waals surface area contributed by atoms with E-state index in [4.69, 9.17) is 18.9 Å². The van der Waals surface area contributed by atoms with Crippen molar-refractivity contribution >= 4 is 5.96 Å². The second kappa shape index (κ2) is 9.58. The molecule has 0 saturated carbocycles. The predicted molar refractivity (Wildman–Crippen MR) is 106 cm³/mol. The van der Waals surface area contributed by atoms with Gasteiger partial charge in [-0.3, -0.25) is 4.99 Å². The molecule has 2 heterocycles. The minimum Gasteiger partial charge on any atom is -0.469 e. The van der Waals surface area contributed by atoms with Gasteiger partial charge in [-0.2, -0.15) is 0 Å². The molecule has 0 bridgehead atoms. The summed E-state index contributed by atoms with van der Waals surface area (Å²) in [5, 5.41) is 6.87. The molecular weight excluding hydrogens is 342 g/mol. The third kappa shape index (κ3) is 6.12. The first-order valence-corrected chi connectivity index (χ1v) is 9.55. The Balaban J connectivity index is 1.57. The second-order valence-corrected chi connectivity index (χ2v) is 6.84. The molecule has 1 aliphatic rings. The molecule has 27 heavy (non-hydrogen) atoms. The monoisotopic (exact) mass is 371 g/mol. The summed E-state index contributed by atoms with van der Waals surface area (Å²) in [6, 6.07) is 14.4. The van der Waals surface area contributed by atoms with Crippen molar-refractivity contribution < 1.29 is 13.9 Å². The van der Waals surface area contributed by atoms with Crippen molar-refractivity contribution in [3.05, 3.63) is 60.1 Å². The van der Waals surface area contributed by atoms with Crippen LogP contribution in [0.15, 0.2) is 58.1 Å². The van der Waals surface area contributed by atoms with Crippen molar-refractivity contribution in [2.75, 3.05) is 26.3 Å². The first kappa shape index (κ1) is 19.5. The number of rotatable bonds is 8. The van der Waals surface area contributed by atoms with Gasteiger partial charge in [0.2, 0.25) is 0 Å². The molecule has 6 heteroatoms. The van der Waals surface area contributed by atoms with E-state index in [-0.39, 0.29) is 6.04 Å². The number of aliphatic imine (C=N–C) groups is 1. The third-order valence-electron chi connectivity index (χ3n) is 4.63. The first-order valence-electron chi connectivity index (χ1n) is 9.55. The van der Waals surface area contributed by atoms with Crippen molar-refractivity contribution in [1.29, 1.82) is 0 Å². The molecule has 0 radical (unpaired) electrons. The SMILES string of the molecule is CC(NC(=NCCC1(C)OCCO1)NCCc1ccco1)c1ccccc1. The Morgan fingerprint density at radius 3 is 2.63 bits per heavy atom. The van der Waals surface area contributed by atoms with E-state index in [2.05, 4.69) is 29.7 Å². The van der Waals surface area contributed by atoms with Gasteiger partial charge in [0.15, 0.2) is 11.7 Å². The molecule has 146 valence electrons. The van der Waals surface area contributed by atoms with Crippen molar-refractivity contribution in [3.8, 4) is 0 Å². The van der Waals surface area contributed by atoms with Crippen molar-refractivity contribution in [2.24, 2.45) is 4.99 Å². The molecule has 0 spiro atoms. The van der Waals surface area contributed by atoms with Crippen molar-refractivity contribution in [2.45, 2.75) is 38.5 Å². The molecule has 2 aromatic rings. The van der Waals surface area contributed by atoms with E-state index in [9.17, 15) is 0 Å². The predicted octanol–water partition coefficient (Wildman–Crippen LogP) is 3.27. The molecule has 2 N–H and O–H groups in total. The van der Waals surface area contributed by atoms with Crippen LogP contribution in [0.3, 0.4) is 0 Å². The number of nitrogens with zero attached hydrogens (tertiary/aromatic N) is 1. The topological polar surface area (TPSA) is 68.0 Å². The molecule has 3 rings (SSSR count). The Labute approximate surface area is 161 Å². The van der Waals surface area contributed by atoms with Gasteiger partial charge in [-0.05, 0) is 31.5 Å². The number of ether oxygens (including phenoxy) is 2. The summed E-state index contributed by atoms with van der Waals surface area (Å²) >= 11 is 0. The number of hydrogen-bond donors (Lipinski definition) is 2. The molecule has 1 aliphatic heterocycles. The smallest absolute Gasteiger partial charge is 0.191 e. The van der Waals surface area contributed by atoms with Gasteiger partial charge in [0, 0.05) is 25.9 Å². The van der Waals surface area contributed by atoms with Crippen LogP contribution in [0.5, 0.6) is 0 Å². The van der Waals surface area contributed by atoms with Gasteiger partial charge < -0.3 is 24.5 Å². The van der Waals surface area contributed by atoms with Crippen LogP contribution in [-0.4, -0.2) is 38.0 Å². The Kier molecular flexibility index (Phi) is 6.90. The summed E-state index contributed by atoms with van der Waals surface area (Å²) in [7, 11) is 0. The van der Waals surface area contributed by atoms with Gasteiger partial charge in [0.05, 0.1) is 25.5 Å². The Morgan fingerprint density at radius 1 is 1.15 bits per heavy atom. The number of benzene rings is 1. The van der Waals surface area contributed by atoms with E-state index in [0.717, 1.165) is 31.1 Å². The van der Waals surface area contributed by atoms with Crippen LogP contribution in [0.1, 0.15) is 37.6 Å². The fourth-order valence-corrected chi connectivity index (χ4v) is 3.01. The minimum atomic E-state index is -0.520. The van der Waals surface area contributed by atoms with Crippen LogP contribution in [0.2, 0.25) is 0 Å². The zero-order chi connectivity index (χ0) is 19.0. The zero-order valence-electron chi connectivity index (χ0n) is 16.1. The number of hydrogen-bond acceptors (Lipinski definition) is 4. The summed E-state index contributed by atoms with van der Waals surface area (Å²) in [5.41, 5.74) is 1.22. The number of nitrogens with one attached hydrogen (secondary N) is 2. The van der Waals surface area contributed by atoms with Crippen LogP contribution >= 0.6 is 0 Å².